The van der Waals surface area contributed by atoms with Gasteiger partial charge in [0.15, 0.2) is 0 Å². The van der Waals surface area contributed by atoms with Gasteiger partial charge in [-0.1, -0.05) is 6.08 Å². The summed E-state index contributed by atoms with van der Waals surface area (Å²) in [5.41, 5.74) is -0.695. The molecule has 1 aliphatic rings. The summed E-state index contributed by atoms with van der Waals surface area (Å²) in [6.45, 7) is 9.49. The fourth-order valence-electron chi connectivity index (χ4n) is 1.26. The van der Waals surface area contributed by atoms with Crippen LogP contribution in [0.5, 0.6) is 0 Å². The zero-order chi connectivity index (χ0) is 9.41. The zero-order valence-electron chi connectivity index (χ0n) is 8.13. The standard InChI is InChI=1S/C10H18O2/c1-5-10(4,11)7-6-8-9(2,3)12-8/h5,8,11H,1,6-7H2,2-4H3/t8-,10+/m1/s1. The molecule has 0 bridgehead atoms. The lowest BCUT2D eigenvalue weighted by Gasteiger charge is -2.17. The maximum Gasteiger partial charge on any atom is 0.0892 e. The normalized spacial score (nSPS) is 30.8. The summed E-state index contributed by atoms with van der Waals surface area (Å²) in [7, 11) is 0. The molecule has 1 fully saturated rings. The number of epoxide rings is 1. The molecule has 2 heteroatoms. The van der Waals surface area contributed by atoms with Gasteiger partial charge in [-0.2, -0.15) is 0 Å². The predicted molar refractivity (Wildman–Crippen MR) is 49.0 cm³/mol. The van der Waals surface area contributed by atoms with E-state index in [-0.39, 0.29) is 5.60 Å². The molecule has 1 saturated heterocycles. The Labute approximate surface area is 74.2 Å². The lowest BCUT2D eigenvalue weighted by Crippen LogP contribution is -2.21. The van der Waals surface area contributed by atoms with Crippen molar-refractivity contribution in [3.63, 3.8) is 0 Å². The van der Waals surface area contributed by atoms with E-state index in [1.54, 1.807) is 13.0 Å². The molecule has 70 valence electrons. The molecule has 0 spiro atoms. The van der Waals surface area contributed by atoms with Crippen LogP contribution in [0.1, 0.15) is 33.6 Å². The molecule has 0 aromatic rings. The van der Waals surface area contributed by atoms with Crippen LogP contribution in [0.2, 0.25) is 0 Å². The van der Waals surface area contributed by atoms with Gasteiger partial charge >= 0.3 is 0 Å². The van der Waals surface area contributed by atoms with E-state index in [4.69, 9.17) is 4.74 Å². The molecule has 0 saturated carbocycles. The van der Waals surface area contributed by atoms with Crippen LogP contribution in [-0.4, -0.2) is 22.4 Å². The highest BCUT2D eigenvalue weighted by atomic mass is 16.6. The summed E-state index contributed by atoms with van der Waals surface area (Å²) in [4.78, 5) is 0. The van der Waals surface area contributed by atoms with Crippen molar-refractivity contribution in [1.29, 1.82) is 0 Å². The van der Waals surface area contributed by atoms with Crippen molar-refractivity contribution < 1.29 is 9.84 Å². The van der Waals surface area contributed by atoms with Crippen molar-refractivity contribution in [2.24, 2.45) is 0 Å². The summed E-state index contributed by atoms with van der Waals surface area (Å²) >= 11 is 0. The second-order valence-corrected chi connectivity index (χ2v) is 4.31. The molecular formula is C10H18O2. The van der Waals surface area contributed by atoms with Gasteiger partial charge in [0, 0.05) is 0 Å². The van der Waals surface area contributed by atoms with E-state index in [0.717, 1.165) is 12.8 Å². The maximum atomic E-state index is 9.60. The second-order valence-electron chi connectivity index (χ2n) is 4.31. The van der Waals surface area contributed by atoms with Crippen molar-refractivity contribution in [3.05, 3.63) is 12.7 Å². The molecule has 2 nitrogen and oxygen atoms in total. The summed E-state index contributed by atoms with van der Waals surface area (Å²) in [6, 6.07) is 0. The Bertz CT molecular complexity index is 182. The number of hydrogen-bond acceptors (Lipinski definition) is 2. The van der Waals surface area contributed by atoms with Crippen molar-refractivity contribution in [3.8, 4) is 0 Å². The van der Waals surface area contributed by atoms with Gasteiger partial charge in [-0.25, -0.2) is 0 Å². The van der Waals surface area contributed by atoms with E-state index in [1.165, 1.54) is 0 Å². The van der Waals surface area contributed by atoms with Gasteiger partial charge in [0.1, 0.15) is 0 Å². The molecule has 0 unspecified atom stereocenters. The summed E-state index contributed by atoms with van der Waals surface area (Å²) in [6.07, 6.45) is 3.54. The van der Waals surface area contributed by atoms with Crippen molar-refractivity contribution in [1.82, 2.24) is 0 Å². The Kier molecular flexibility index (Phi) is 2.32. The summed E-state index contributed by atoms with van der Waals surface area (Å²) in [5.74, 6) is 0. The van der Waals surface area contributed by atoms with Crippen molar-refractivity contribution in [2.75, 3.05) is 0 Å². The Balaban J connectivity index is 2.24. The first-order valence-electron chi connectivity index (χ1n) is 4.41. The van der Waals surface area contributed by atoms with Gasteiger partial charge in [0.25, 0.3) is 0 Å². The van der Waals surface area contributed by atoms with Gasteiger partial charge in [-0.05, 0) is 33.6 Å². The van der Waals surface area contributed by atoms with Gasteiger partial charge in [-0.15, -0.1) is 6.58 Å². The van der Waals surface area contributed by atoms with Crippen LogP contribution in [0.25, 0.3) is 0 Å². The topological polar surface area (TPSA) is 32.8 Å². The molecule has 12 heavy (non-hydrogen) atoms. The average molecular weight is 170 g/mol. The van der Waals surface area contributed by atoms with E-state index in [9.17, 15) is 5.11 Å². The molecule has 0 aromatic carbocycles. The lowest BCUT2D eigenvalue weighted by atomic mass is 9.96. The molecule has 0 aromatic heterocycles. The quantitative estimate of drug-likeness (QED) is 0.516. The zero-order valence-corrected chi connectivity index (χ0v) is 8.13. The summed E-state index contributed by atoms with van der Waals surface area (Å²) in [5, 5.41) is 9.60. The second kappa shape index (κ2) is 2.86. The van der Waals surface area contributed by atoms with Crippen LogP contribution in [0.3, 0.4) is 0 Å². The fraction of sp³-hybridized carbons (Fsp3) is 0.800. The third-order valence-electron chi connectivity index (χ3n) is 2.52. The largest absolute Gasteiger partial charge is 0.386 e. The number of hydrogen-bond donors (Lipinski definition) is 1. The molecule has 1 rings (SSSR count). The minimum absolute atomic E-state index is 0.0389. The monoisotopic (exact) mass is 170 g/mol. The van der Waals surface area contributed by atoms with E-state index >= 15 is 0 Å². The van der Waals surface area contributed by atoms with Crippen LogP contribution in [0.15, 0.2) is 12.7 Å². The Hall–Kier alpha value is -0.340. The minimum atomic E-state index is -0.734. The number of aliphatic hydroxyl groups is 1. The van der Waals surface area contributed by atoms with E-state index in [0.29, 0.717) is 6.10 Å². The Morgan fingerprint density at radius 1 is 1.67 bits per heavy atom. The molecule has 2 atom stereocenters. The predicted octanol–water partition coefficient (Wildman–Crippen LogP) is 1.88. The Morgan fingerprint density at radius 3 is 2.50 bits per heavy atom. The molecule has 0 aliphatic carbocycles. The Morgan fingerprint density at radius 2 is 2.17 bits per heavy atom. The fourth-order valence-corrected chi connectivity index (χ4v) is 1.26. The summed E-state index contributed by atoms with van der Waals surface area (Å²) < 4.78 is 5.40. The number of ether oxygens (including phenoxy) is 1. The van der Waals surface area contributed by atoms with Gasteiger partial charge in [0.05, 0.1) is 17.3 Å². The maximum absolute atomic E-state index is 9.60. The third-order valence-corrected chi connectivity index (χ3v) is 2.52. The average Bonchev–Trinajstić information content (AvgIpc) is 2.56. The van der Waals surface area contributed by atoms with Crippen LogP contribution in [0.4, 0.5) is 0 Å². The first-order chi connectivity index (χ1) is 5.37. The van der Waals surface area contributed by atoms with Gasteiger partial charge in [0.2, 0.25) is 0 Å². The number of rotatable bonds is 4. The molecule has 1 heterocycles. The van der Waals surface area contributed by atoms with Crippen molar-refractivity contribution in [2.45, 2.75) is 50.9 Å². The first-order valence-corrected chi connectivity index (χ1v) is 4.41. The van der Waals surface area contributed by atoms with Crippen LogP contribution in [-0.2, 0) is 4.74 Å². The molecule has 0 amide bonds. The smallest absolute Gasteiger partial charge is 0.0892 e. The minimum Gasteiger partial charge on any atom is -0.386 e. The van der Waals surface area contributed by atoms with Gasteiger partial charge in [-0.3, -0.25) is 0 Å². The van der Waals surface area contributed by atoms with Crippen molar-refractivity contribution >= 4 is 0 Å². The van der Waals surface area contributed by atoms with Crippen LogP contribution >= 0.6 is 0 Å². The van der Waals surface area contributed by atoms with E-state index in [1.807, 2.05) is 0 Å². The molecule has 1 aliphatic heterocycles. The highest BCUT2D eigenvalue weighted by molar-refractivity contribution is 4.98. The SMILES string of the molecule is C=C[C@](C)(O)CC[C@H]1OC1(C)C. The van der Waals surface area contributed by atoms with E-state index < -0.39 is 5.60 Å². The molecular weight excluding hydrogens is 152 g/mol. The molecule has 1 N–H and O–H groups in total. The van der Waals surface area contributed by atoms with Crippen LogP contribution < -0.4 is 0 Å². The third kappa shape index (κ3) is 2.32. The lowest BCUT2D eigenvalue weighted by molar-refractivity contribution is 0.0967. The van der Waals surface area contributed by atoms with Crippen LogP contribution in [0, 0.1) is 0 Å². The highest BCUT2D eigenvalue weighted by Gasteiger charge is 2.47. The van der Waals surface area contributed by atoms with Gasteiger partial charge < -0.3 is 9.84 Å². The van der Waals surface area contributed by atoms with E-state index in [2.05, 4.69) is 20.4 Å². The highest BCUT2D eigenvalue weighted by Crippen LogP contribution is 2.39. The molecule has 0 radical (unpaired) electrons. The first kappa shape index (κ1) is 9.75.